The second-order valence-electron chi connectivity index (χ2n) is 4.86. The molecule has 9 heteroatoms. The van der Waals surface area contributed by atoms with Crippen LogP contribution in [-0.4, -0.2) is 27.9 Å². The van der Waals surface area contributed by atoms with Gasteiger partial charge >= 0.3 is 5.69 Å². The van der Waals surface area contributed by atoms with Crippen LogP contribution in [0.25, 0.3) is 0 Å². The Hall–Kier alpha value is -1.87. The van der Waals surface area contributed by atoms with Crippen LogP contribution in [0.3, 0.4) is 0 Å². The van der Waals surface area contributed by atoms with Gasteiger partial charge in [-0.15, -0.1) is 11.3 Å². The number of nitrogens with zero attached hydrogens (tertiary/aromatic N) is 1. The van der Waals surface area contributed by atoms with Gasteiger partial charge in [0.2, 0.25) is 0 Å². The van der Waals surface area contributed by atoms with Gasteiger partial charge in [0.25, 0.3) is 11.5 Å². The molecular weight excluding hydrogens is 374 g/mol. The summed E-state index contributed by atoms with van der Waals surface area (Å²) >= 11 is 4.73. The molecule has 116 valence electrons. The number of aryl methyl sites for hydroxylation is 1. The number of hydrogen-bond acceptors (Lipinski definition) is 5. The van der Waals surface area contributed by atoms with Crippen molar-refractivity contribution in [3.8, 4) is 5.75 Å². The lowest BCUT2D eigenvalue weighted by molar-refractivity contribution is 0.0752. The van der Waals surface area contributed by atoms with Crippen LogP contribution in [0.1, 0.15) is 25.8 Å². The van der Waals surface area contributed by atoms with Crippen LogP contribution in [0.4, 0.5) is 0 Å². The summed E-state index contributed by atoms with van der Waals surface area (Å²) in [5, 5.41) is 0. The van der Waals surface area contributed by atoms with E-state index in [9.17, 15) is 14.4 Å². The Morgan fingerprint density at radius 2 is 2.05 bits per heavy atom. The molecule has 0 fully saturated rings. The normalized spacial score (nSPS) is 13.3. The van der Waals surface area contributed by atoms with Gasteiger partial charge in [0.15, 0.2) is 5.75 Å². The highest BCUT2D eigenvalue weighted by atomic mass is 79.9. The molecule has 2 N–H and O–H groups in total. The lowest BCUT2D eigenvalue weighted by atomic mass is 10.3. The van der Waals surface area contributed by atoms with Crippen molar-refractivity contribution >= 4 is 33.2 Å². The molecule has 0 atom stereocenters. The summed E-state index contributed by atoms with van der Waals surface area (Å²) in [6, 6.07) is 0. The number of methoxy groups -OCH3 is 1. The molecule has 0 unspecified atom stereocenters. The molecule has 3 heterocycles. The Morgan fingerprint density at radius 1 is 1.32 bits per heavy atom. The Labute approximate surface area is 137 Å². The molecule has 0 saturated heterocycles. The van der Waals surface area contributed by atoms with Gasteiger partial charge in [-0.25, -0.2) is 4.79 Å². The van der Waals surface area contributed by atoms with Crippen LogP contribution < -0.4 is 16.0 Å². The summed E-state index contributed by atoms with van der Waals surface area (Å²) in [5.74, 6) is 0.262. The number of carbonyl (C=O) groups is 1. The number of ether oxygens (including phenoxy) is 1. The van der Waals surface area contributed by atoms with Crippen molar-refractivity contribution in [2.75, 3.05) is 7.11 Å². The molecular formula is C13H12BrN3O4S. The quantitative estimate of drug-likeness (QED) is 0.815. The number of aromatic nitrogens is 2. The van der Waals surface area contributed by atoms with Crippen molar-refractivity contribution in [1.29, 1.82) is 0 Å². The van der Waals surface area contributed by atoms with E-state index in [1.54, 1.807) is 0 Å². The van der Waals surface area contributed by atoms with E-state index in [-0.39, 0.29) is 19.0 Å². The van der Waals surface area contributed by atoms with Gasteiger partial charge in [-0.05, 0) is 22.9 Å². The van der Waals surface area contributed by atoms with E-state index in [2.05, 4.69) is 25.9 Å². The zero-order valence-electron chi connectivity index (χ0n) is 11.8. The summed E-state index contributed by atoms with van der Waals surface area (Å²) < 4.78 is 6.04. The second kappa shape index (κ2) is 5.40. The summed E-state index contributed by atoms with van der Waals surface area (Å²) in [6.45, 7) is 2.25. The third kappa shape index (κ3) is 2.30. The van der Waals surface area contributed by atoms with Gasteiger partial charge < -0.3 is 14.6 Å². The van der Waals surface area contributed by atoms with E-state index in [0.717, 1.165) is 9.35 Å². The van der Waals surface area contributed by atoms with E-state index < -0.39 is 11.2 Å². The van der Waals surface area contributed by atoms with Crippen LogP contribution in [0.5, 0.6) is 5.75 Å². The summed E-state index contributed by atoms with van der Waals surface area (Å²) in [5.41, 5.74) is -0.123. The molecule has 3 rings (SSSR count). The number of rotatable bonds is 2. The number of carbonyl (C=O) groups excluding carboxylic acids is 1. The van der Waals surface area contributed by atoms with Crippen LogP contribution in [0.15, 0.2) is 14.1 Å². The Bertz CT molecular complexity index is 882. The topological polar surface area (TPSA) is 95.3 Å². The lowest BCUT2D eigenvalue weighted by Crippen LogP contribution is -2.26. The monoisotopic (exact) mass is 385 g/mol. The van der Waals surface area contributed by atoms with E-state index >= 15 is 0 Å². The second-order valence-corrected chi connectivity index (χ2v) is 6.88. The smallest absolute Gasteiger partial charge is 0.325 e. The molecule has 2 aromatic heterocycles. The zero-order chi connectivity index (χ0) is 16.0. The molecule has 0 radical (unpaired) electrons. The molecule has 0 bridgehead atoms. The van der Waals surface area contributed by atoms with Crippen LogP contribution in [0, 0.1) is 6.92 Å². The fraction of sp³-hybridized carbons (Fsp3) is 0.308. The van der Waals surface area contributed by atoms with Crippen molar-refractivity contribution in [3.05, 3.63) is 46.3 Å². The van der Waals surface area contributed by atoms with E-state index in [1.807, 2.05) is 6.92 Å². The van der Waals surface area contributed by atoms with Crippen molar-refractivity contribution < 1.29 is 9.53 Å². The first kappa shape index (κ1) is 15.0. The standard InChI is InChI=1S/C13H12BrN3O4S/c1-5-8(14)9(21-2)10(22-5)12(19)17-3-6-7(4-17)15-13(20)16-11(6)18/h3-4H2,1-2H3,(H2,15,16,18,20). The predicted octanol–water partition coefficient (Wildman–Crippen LogP) is 1.36. The van der Waals surface area contributed by atoms with Crippen molar-refractivity contribution in [3.63, 3.8) is 0 Å². The molecule has 1 aliphatic heterocycles. The molecule has 2 aromatic rings. The molecule has 22 heavy (non-hydrogen) atoms. The molecule has 1 amide bonds. The minimum Gasteiger partial charge on any atom is -0.494 e. The molecule has 1 aliphatic rings. The summed E-state index contributed by atoms with van der Waals surface area (Å²) in [7, 11) is 1.50. The number of H-pyrrole nitrogens is 2. The van der Waals surface area contributed by atoms with E-state index in [4.69, 9.17) is 4.74 Å². The number of halogens is 1. The van der Waals surface area contributed by atoms with Crippen LogP contribution in [-0.2, 0) is 13.1 Å². The zero-order valence-corrected chi connectivity index (χ0v) is 14.2. The SMILES string of the molecule is COc1c(C(=O)N2Cc3[nH]c(=O)[nH]c(=O)c3C2)sc(C)c1Br. The van der Waals surface area contributed by atoms with Gasteiger partial charge in [0.1, 0.15) is 4.88 Å². The summed E-state index contributed by atoms with van der Waals surface area (Å²) in [6.07, 6.45) is 0. The molecule has 0 aliphatic carbocycles. The van der Waals surface area contributed by atoms with Gasteiger partial charge in [0.05, 0.1) is 30.2 Å². The highest BCUT2D eigenvalue weighted by Gasteiger charge is 2.31. The predicted molar refractivity (Wildman–Crippen MR) is 84.6 cm³/mol. The molecule has 0 spiro atoms. The Kier molecular flexibility index (Phi) is 3.69. The van der Waals surface area contributed by atoms with Crippen molar-refractivity contribution in [2.45, 2.75) is 20.0 Å². The number of thiophene rings is 1. The van der Waals surface area contributed by atoms with E-state index in [1.165, 1.54) is 23.3 Å². The third-order valence-corrected chi connectivity index (χ3v) is 5.77. The first-order chi connectivity index (χ1) is 10.4. The van der Waals surface area contributed by atoms with Crippen LogP contribution >= 0.6 is 27.3 Å². The van der Waals surface area contributed by atoms with Gasteiger partial charge in [-0.3, -0.25) is 14.6 Å². The van der Waals surface area contributed by atoms with Gasteiger partial charge in [-0.2, -0.15) is 0 Å². The Morgan fingerprint density at radius 3 is 2.73 bits per heavy atom. The van der Waals surface area contributed by atoms with Crippen molar-refractivity contribution in [1.82, 2.24) is 14.9 Å². The van der Waals surface area contributed by atoms with Crippen LogP contribution in [0.2, 0.25) is 0 Å². The lowest BCUT2D eigenvalue weighted by Gasteiger charge is -2.14. The van der Waals surface area contributed by atoms with E-state index in [0.29, 0.717) is 21.9 Å². The number of nitrogens with one attached hydrogen (secondary N) is 2. The number of fused-ring (bicyclic) bond motifs is 1. The molecule has 7 nitrogen and oxygen atoms in total. The average molecular weight is 386 g/mol. The number of hydrogen-bond donors (Lipinski definition) is 2. The fourth-order valence-electron chi connectivity index (χ4n) is 2.41. The highest BCUT2D eigenvalue weighted by Crippen LogP contribution is 2.40. The Balaban J connectivity index is 1.96. The summed E-state index contributed by atoms with van der Waals surface area (Å²) in [4.78, 5) is 43.4. The molecule has 0 saturated carbocycles. The molecule has 0 aromatic carbocycles. The first-order valence-electron chi connectivity index (χ1n) is 6.39. The fourth-order valence-corrected chi connectivity index (χ4v) is 4.13. The minimum absolute atomic E-state index is 0.165. The third-order valence-electron chi connectivity index (χ3n) is 3.48. The highest BCUT2D eigenvalue weighted by molar-refractivity contribution is 9.10. The average Bonchev–Trinajstić information content (AvgIpc) is 3.00. The maximum absolute atomic E-state index is 12.7. The number of aromatic amines is 2. The first-order valence-corrected chi connectivity index (χ1v) is 7.99. The maximum atomic E-state index is 12.7. The minimum atomic E-state index is -0.564. The number of amides is 1. The van der Waals surface area contributed by atoms with Crippen molar-refractivity contribution in [2.24, 2.45) is 0 Å². The van der Waals surface area contributed by atoms with Gasteiger partial charge in [-0.1, -0.05) is 0 Å². The largest absolute Gasteiger partial charge is 0.494 e. The maximum Gasteiger partial charge on any atom is 0.325 e. The van der Waals surface area contributed by atoms with Gasteiger partial charge in [0, 0.05) is 10.6 Å².